The van der Waals surface area contributed by atoms with Gasteiger partial charge in [-0.2, -0.15) is 14.9 Å². The quantitative estimate of drug-likeness (QED) is 0.697. The number of hydrazone groups is 1. The van der Waals surface area contributed by atoms with Gasteiger partial charge in [0.15, 0.2) is 0 Å². The summed E-state index contributed by atoms with van der Waals surface area (Å²) in [5.74, 6) is 0.953. The van der Waals surface area contributed by atoms with E-state index in [-0.39, 0.29) is 5.02 Å². The van der Waals surface area contributed by atoms with Gasteiger partial charge in [-0.1, -0.05) is 29.8 Å². The van der Waals surface area contributed by atoms with E-state index in [4.69, 9.17) is 11.6 Å². The second-order valence-electron chi connectivity index (χ2n) is 4.51. The van der Waals surface area contributed by atoms with Gasteiger partial charge >= 0.3 is 0 Å². The summed E-state index contributed by atoms with van der Waals surface area (Å²) < 4.78 is 1.24. The zero-order chi connectivity index (χ0) is 15.4. The fourth-order valence-electron chi connectivity index (χ4n) is 1.92. The van der Waals surface area contributed by atoms with Crippen LogP contribution in [-0.4, -0.2) is 16.0 Å². The highest BCUT2D eigenvalue weighted by Crippen LogP contribution is 2.21. The topological polar surface area (TPSA) is 59.3 Å². The maximum absolute atomic E-state index is 12.3. The lowest BCUT2D eigenvalue weighted by Crippen LogP contribution is -2.22. The number of benzene rings is 1. The molecule has 0 amide bonds. The van der Waals surface area contributed by atoms with E-state index in [0.29, 0.717) is 11.4 Å². The largest absolute Gasteiger partial charge is 0.292 e. The van der Waals surface area contributed by atoms with Gasteiger partial charge in [0.05, 0.1) is 11.9 Å². The molecule has 1 N–H and O–H groups in total. The Balaban J connectivity index is 1.79. The van der Waals surface area contributed by atoms with E-state index in [2.05, 4.69) is 15.6 Å². The third-order valence-corrected chi connectivity index (χ3v) is 3.37. The Bertz CT molecular complexity index is 721. The van der Waals surface area contributed by atoms with Crippen molar-refractivity contribution in [1.82, 2.24) is 9.78 Å². The number of hydrogen-bond donors (Lipinski definition) is 1. The predicted octanol–water partition coefficient (Wildman–Crippen LogP) is 2.69. The number of nitrogens with zero attached hydrogens (tertiary/aromatic N) is 3. The van der Waals surface area contributed by atoms with E-state index in [9.17, 15) is 4.79 Å². The van der Waals surface area contributed by atoms with Crippen molar-refractivity contribution in [2.45, 2.75) is 0 Å². The van der Waals surface area contributed by atoms with E-state index in [0.717, 1.165) is 5.92 Å². The molecule has 0 atom stereocenters. The fraction of sp³-hybridized carbons (Fsp3) is 0. The molecule has 0 aliphatic heterocycles. The molecule has 1 aromatic carbocycles. The summed E-state index contributed by atoms with van der Waals surface area (Å²) in [6.07, 6.45) is 10.8. The molecule has 1 saturated carbocycles. The third kappa shape index (κ3) is 3.20. The highest BCUT2D eigenvalue weighted by atomic mass is 35.5. The summed E-state index contributed by atoms with van der Waals surface area (Å²) in [4.78, 5) is 12.3. The molecule has 1 aliphatic rings. The summed E-state index contributed by atoms with van der Waals surface area (Å²) in [6, 6.07) is 9.09. The highest BCUT2D eigenvalue weighted by Gasteiger charge is 2.14. The molecule has 0 spiro atoms. The van der Waals surface area contributed by atoms with E-state index < -0.39 is 5.56 Å². The zero-order valence-electron chi connectivity index (χ0n) is 11.5. The molecule has 1 aliphatic carbocycles. The Hall–Kier alpha value is -2.14. The lowest BCUT2D eigenvalue weighted by atomic mass is 10.1. The Morgan fingerprint density at radius 1 is 1.18 bits per heavy atom. The Labute approximate surface area is 133 Å². The molecule has 6 heteroatoms. The molecule has 1 heterocycles. The van der Waals surface area contributed by atoms with Gasteiger partial charge in [-0.05, 0) is 37.8 Å². The van der Waals surface area contributed by atoms with Crippen molar-refractivity contribution in [3.05, 3.63) is 83.5 Å². The van der Waals surface area contributed by atoms with Gasteiger partial charge in [-0.25, -0.2) is 0 Å². The number of para-hydroxylation sites is 1. The van der Waals surface area contributed by atoms with Crippen LogP contribution in [0.25, 0.3) is 5.69 Å². The average Bonchev–Trinajstić information content (AvgIpc) is 3.06. The molecular formula is C16H12ClN4O. The van der Waals surface area contributed by atoms with Crippen molar-refractivity contribution in [1.29, 1.82) is 0 Å². The van der Waals surface area contributed by atoms with Crippen molar-refractivity contribution >= 4 is 23.5 Å². The Morgan fingerprint density at radius 2 is 1.91 bits per heavy atom. The summed E-state index contributed by atoms with van der Waals surface area (Å²) in [5.41, 5.74) is 3.35. The molecule has 5 nitrogen and oxygen atoms in total. The van der Waals surface area contributed by atoms with Gasteiger partial charge in [0, 0.05) is 12.1 Å². The standard InChI is InChI=1S/C16H12ClN4O/c17-15-14(20-18-10-12-6-4-5-7-12)11-19-21(16(15)22)13-8-2-1-3-9-13/h1-11,20H/b18-10+. The highest BCUT2D eigenvalue weighted by molar-refractivity contribution is 6.32. The summed E-state index contributed by atoms with van der Waals surface area (Å²) in [6.45, 7) is 0. The molecule has 0 saturated heterocycles. The van der Waals surface area contributed by atoms with Gasteiger partial charge in [0.25, 0.3) is 5.56 Å². The van der Waals surface area contributed by atoms with E-state index in [1.54, 1.807) is 18.3 Å². The first kappa shape index (κ1) is 14.8. The van der Waals surface area contributed by atoms with Crippen LogP contribution in [0.1, 0.15) is 0 Å². The van der Waals surface area contributed by atoms with Crippen LogP contribution >= 0.6 is 11.6 Å². The maximum atomic E-state index is 12.3. The second kappa shape index (κ2) is 6.75. The van der Waals surface area contributed by atoms with Crippen LogP contribution in [0.3, 0.4) is 0 Å². The maximum Gasteiger partial charge on any atom is 0.292 e. The minimum absolute atomic E-state index is 0.0403. The smallest absolute Gasteiger partial charge is 0.275 e. The van der Waals surface area contributed by atoms with E-state index in [1.807, 2.05) is 43.9 Å². The van der Waals surface area contributed by atoms with Crippen molar-refractivity contribution < 1.29 is 0 Å². The minimum atomic E-state index is -0.402. The van der Waals surface area contributed by atoms with Crippen LogP contribution in [0.2, 0.25) is 5.02 Å². The average molecular weight is 312 g/mol. The predicted molar refractivity (Wildman–Crippen MR) is 87.4 cm³/mol. The van der Waals surface area contributed by atoms with Crippen LogP contribution in [0.5, 0.6) is 0 Å². The first-order valence-electron chi connectivity index (χ1n) is 6.60. The van der Waals surface area contributed by atoms with Crippen molar-refractivity contribution in [2.24, 2.45) is 5.10 Å². The second-order valence-corrected chi connectivity index (χ2v) is 4.89. The molecule has 3 rings (SSSR count). The molecule has 0 unspecified atom stereocenters. The minimum Gasteiger partial charge on any atom is -0.275 e. The zero-order valence-corrected chi connectivity index (χ0v) is 12.2. The number of anilines is 1. The number of halogens is 1. The van der Waals surface area contributed by atoms with Crippen LogP contribution < -0.4 is 11.0 Å². The SMILES string of the molecule is O=c1c(Cl)c(N/N=C/[C]2[CH][CH][CH][CH]2)cnn1-c1ccccc1. The summed E-state index contributed by atoms with van der Waals surface area (Å²) in [5, 5.41) is 8.19. The Kier molecular flexibility index (Phi) is 4.53. The van der Waals surface area contributed by atoms with Gasteiger partial charge in [-0.3, -0.25) is 10.2 Å². The molecule has 1 aromatic heterocycles. The molecule has 5 radical (unpaired) electrons. The monoisotopic (exact) mass is 311 g/mol. The van der Waals surface area contributed by atoms with Gasteiger partial charge in [0.2, 0.25) is 0 Å². The number of nitrogens with one attached hydrogen (secondary N) is 1. The Morgan fingerprint density at radius 3 is 2.64 bits per heavy atom. The number of rotatable bonds is 4. The summed E-state index contributed by atoms with van der Waals surface area (Å²) >= 11 is 6.10. The van der Waals surface area contributed by atoms with Gasteiger partial charge in [0.1, 0.15) is 10.7 Å². The third-order valence-electron chi connectivity index (χ3n) is 3.01. The number of aromatic nitrogens is 2. The molecular weight excluding hydrogens is 300 g/mol. The van der Waals surface area contributed by atoms with Crippen molar-refractivity contribution in [3.63, 3.8) is 0 Å². The van der Waals surface area contributed by atoms with Gasteiger partial charge in [-0.15, -0.1) is 0 Å². The first-order chi connectivity index (χ1) is 10.8. The first-order valence-corrected chi connectivity index (χ1v) is 6.97. The molecule has 109 valence electrons. The van der Waals surface area contributed by atoms with Crippen LogP contribution in [0.15, 0.2) is 46.4 Å². The van der Waals surface area contributed by atoms with E-state index >= 15 is 0 Å². The van der Waals surface area contributed by atoms with Crippen LogP contribution in [0.4, 0.5) is 5.69 Å². The molecule has 2 aromatic rings. The fourth-order valence-corrected chi connectivity index (χ4v) is 2.09. The lowest BCUT2D eigenvalue weighted by molar-refractivity contribution is 0.808. The van der Waals surface area contributed by atoms with Gasteiger partial charge < -0.3 is 0 Å². The van der Waals surface area contributed by atoms with Crippen LogP contribution in [-0.2, 0) is 0 Å². The molecule has 22 heavy (non-hydrogen) atoms. The van der Waals surface area contributed by atoms with Crippen LogP contribution in [0, 0.1) is 31.6 Å². The normalized spacial score (nSPS) is 15.5. The lowest BCUT2D eigenvalue weighted by Gasteiger charge is -2.07. The van der Waals surface area contributed by atoms with E-state index in [1.165, 1.54) is 10.9 Å². The van der Waals surface area contributed by atoms with Crippen molar-refractivity contribution in [3.8, 4) is 5.69 Å². The molecule has 0 bridgehead atoms. The molecule has 1 fully saturated rings. The number of hydrogen-bond acceptors (Lipinski definition) is 4. The summed E-state index contributed by atoms with van der Waals surface area (Å²) in [7, 11) is 0. The van der Waals surface area contributed by atoms with Crippen molar-refractivity contribution in [2.75, 3.05) is 5.43 Å².